The van der Waals surface area contributed by atoms with E-state index < -0.39 is 0 Å². The van der Waals surface area contributed by atoms with Crippen molar-refractivity contribution in [2.45, 2.75) is 53.4 Å². The summed E-state index contributed by atoms with van der Waals surface area (Å²) >= 11 is 0. The lowest BCUT2D eigenvalue weighted by Crippen LogP contribution is -2.22. The third-order valence-electron chi connectivity index (χ3n) is 5.42. The Balaban J connectivity index is 2.40. The van der Waals surface area contributed by atoms with Gasteiger partial charge in [0.25, 0.3) is 0 Å². The number of hydrogen-bond donors (Lipinski definition) is 1. The van der Waals surface area contributed by atoms with Crippen LogP contribution in [0.1, 0.15) is 53.4 Å². The second kappa shape index (κ2) is 8.82. The number of hydrogen-bond acceptors (Lipinski definition) is 1. The van der Waals surface area contributed by atoms with Crippen LogP contribution in [0.3, 0.4) is 0 Å². The van der Waals surface area contributed by atoms with Crippen LogP contribution in [0.5, 0.6) is 0 Å². The van der Waals surface area contributed by atoms with Crippen molar-refractivity contribution in [3.05, 3.63) is 58.4 Å². The maximum absolute atomic E-state index is 5.53. The molecule has 0 bridgehead atoms. The molecular weight excluding hydrogens is 314 g/mol. The summed E-state index contributed by atoms with van der Waals surface area (Å²) in [5.74, 6) is 10.5. The van der Waals surface area contributed by atoms with Gasteiger partial charge in [0, 0.05) is 18.9 Å². The third kappa shape index (κ3) is 4.83. The van der Waals surface area contributed by atoms with Crippen LogP contribution in [-0.4, -0.2) is 6.54 Å². The first-order chi connectivity index (χ1) is 12.3. The fraction of sp³-hybridized carbons (Fsp3) is 0.440. The highest BCUT2D eigenvalue weighted by atomic mass is 14.9. The molecule has 1 nitrogen and oxygen atoms in total. The zero-order valence-corrected chi connectivity index (χ0v) is 16.8. The van der Waals surface area contributed by atoms with Gasteiger partial charge in [0.1, 0.15) is 0 Å². The molecular formula is C25H31N. The molecule has 1 heterocycles. The fourth-order valence-electron chi connectivity index (χ4n) is 3.76. The number of terminal acetylenes is 1. The van der Waals surface area contributed by atoms with Crippen LogP contribution in [0.4, 0.5) is 0 Å². The Morgan fingerprint density at radius 1 is 1.31 bits per heavy atom. The van der Waals surface area contributed by atoms with Gasteiger partial charge in [-0.3, -0.25) is 0 Å². The number of dihydropyridines is 1. The summed E-state index contributed by atoms with van der Waals surface area (Å²) in [5.41, 5.74) is 8.64. The Kier molecular flexibility index (Phi) is 6.76. The topological polar surface area (TPSA) is 12.0 Å². The van der Waals surface area contributed by atoms with Crippen LogP contribution in [0.2, 0.25) is 0 Å². The Labute approximate surface area is 160 Å². The standard InChI is InChI=1S/C25H31N/c1-8-23-15-19(6)25(16-26-23)20(7)24(14-17(2)3)22-11-9-10-21(12-13-22)18(4)5/h1,15,21-22,26H,2,4,10,12-14,16H2,3,5-7H3/b24-20-. The summed E-state index contributed by atoms with van der Waals surface area (Å²) in [5, 5.41) is 3.34. The summed E-state index contributed by atoms with van der Waals surface area (Å²) in [6.07, 6.45) is 11.7. The molecule has 2 rings (SSSR count). The quantitative estimate of drug-likeness (QED) is 0.498. The SMILES string of the molecule is C#CC1=CC(C)=C(/C(C)=C(/CC(=C)C)C2C#CCC(C(=C)C)CC2)CN1. The maximum atomic E-state index is 5.53. The molecule has 0 saturated carbocycles. The zero-order chi connectivity index (χ0) is 19.3. The first-order valence-corrected chi connectivity index (χ1v) is 9.43. The van der Waals surface area contributed by atoms with Gasteiger partial charge in [-0.05, 0) is 81.2 Å². The Morgan fingerprint density at radius 3 is 2.62 bits per heavy atom. The average molecular weight is 346 g/mol. The van der Waals surface area contributed by atoms with Gasteiger partial charge in [-0.25, -0.2) is 0 Å². The van der Waals surface area contributed by atoms with Crippen LogP contribution in [0, 0.1) is 36.0 Å². The molecule has 0 aromatic heterocycles. The maximum Gasteiger partial charge on any atom is 0.0856 e. The molecule has 0 aromatic carbocycles. The largest absolute Gasteiger partial charge is 0.374 e. The molecule has 0 saturated heterocycles. The van der Waals surface area contributed by atoms with Gasteiger partial charge in [-0.2, -0.15) is 0 Å². The van der Waals surface area contributed by atoms with E-state index >= 15 is 0 Å². The second-order valence-electron chi connectivity index (χ2n) is 7.70. The van der Waals surface area contributed by atoms with E-state index in [1.807, 2.05) is 0 Å². The van der Waals surface area contributed by atoms with Gasteiger partial charge < -0.3 is 5.32 Å². The second-order valence-corrected chi connectivity index (χ2v) is 7.70. The molecule has 0 radical (unpaired) electrons. The number of allylic oxidation sites excluding steroid dienone is 6. The van der Waals surface area contributed by atoms with E-state index in [0.29, 0.717) is 11.8 Å². The highest BCUT2D eigenvalue weighted by Crippen LogP contribution is 2.34. The van der Waals surface area contributed by atoms with E-state index in [4.69, 9.17) is 6.42 Å². The summed E-state index contributed by atoms with van der Waals surface area (Å²) in [6, 6.07) is 0. The molecule has 0 spiro atoms. The lowest BCUT2D eigenvalue weighted by Gasteiger charge is -2.24. The molecule has 26 heavy (non-hydrogen) atoms. The molecule has 1 N–H and O–H groups in total. The summed E-state index contributed by atoms with van der Waals surface area (Å²) in [7, 11) is 0. The monoisotopic (exact) mass is 345 g/mol. The smallest absolute Gasteiger partial charge is 0.0856 e. The van der Waals surface area contributed by atoms with Gasteiger partial charge in [0.05, 0.1) is 5.70 Å². The van der Waals surface area contributed by atoms with E-state index in [9.17, 15) is 0 Å². The highest BCUT2D eigenvalue weighted by Gasteiger charge is 2.22. The third-order valence-corrected chi connectivity index (χ3v) is 5.42. The predicted molar refractivity (Wildman–Crippen MR) is 113 cm³/mol. The molecule has 2 atom stereocenters. The molecule has 136 valence electrons. The molecule has 0 aromatic rings. The molecule has 0 fully saturated rings. The van der Waals surface area contributed by atoms with E-state index in [2.05, 4.69) is 70.0 Å². The predicted octanol–water partition coefficient (Wildman–Crippen LogP) is 5.70. The van der Waals surface area contributed by atoms with Crippen LogP contribution in [-0.2, 0) is 0 Å². The van der Waals surface area contributed by atoms with E-state index in [1.54, 1.807) is 0 Å². The van der Waals surface area contributed by atoms with Crippen LogP contribution in [0.25, 0.3) is 0 Å². The minimum absolute atomic E-state index is 0.300. The first-order valence-electron chi connectivity index (χ1n) is 9.43. The van der Waals surface area contributed by atoms with Crippen molar-refractivity contribution in [3.63, 3.8) is 0 Å². The van der Waals surface area contributed by atoms with Gasteiger partial charge >= 0.3 is 0 Å². The van der Waals surface area contributed by atoms with Crippen molar-refractivity contribution in [3.8, 4) is 24.2 Å². The van der Waals surface area contributed by atoms with Crippen molar-refractivity contribution in [1.82, 2.24) is 5.32 Å². The average Bonchev–Trinajstić information content (AvgIpc) is 2.85. The van der Waals surface area contributed by atoms with Crippen LogP contribution < -0.4 is 5.32 Å². The number of rotatable bonds is 5. The summed E-state index contributed by atoms with van der Waals surface area (Å²) < 4.78 is 0. The molecule has 0 amide bonds. The molecule has 2 unspecified atom stereocenters. The van der Waals surface area contributed by atoms with Crippen molar-refractivity contribution < 1.29 is 0 Å². The van der Waals surface area contributed by atoms with Crippen LogP contribution >= 0.6 is 0 Å². The van der Waals surface area contributed by atoms with Crippen molar-refractivity contribution >= 4 is 0 Å². The first kappa shape index (κ1) is 19.9. The molecule has 1 aliphatic carbocycles. The Hall–Kier alpha value is -2.38. The Morgan fingerprint density at radius 2 is 2.04 bits per heavy atom. The lowest BCUT2D eigenvalue weighted by molar-refractivity contribution is 0.520. The van der Waals surface area contributed by atoms with Gasteiger partial charge in [-0.15, -0.1) is 12.3 Å². The van der Waals surface area contributed by atoms with Crippen molar-refractivity contribution in [1.29, 1.82) is 0 Å². The summed E-state index contributed by atoms with van der Waals surface area (Å²) in [4.78, 5) is 0. The fourth-order valence-corrected chi connectivity index (χ4v) is 3.76. The lowest BCUT2D eigenvalue weighted by atomic mass is 9.82. The van der Waals surface area contributed by atoms with E-state index in [0.717, 1.165) is 37.9 Å². The molecule has 1 heteroatoms. The van der Waals surface area contributed by atoms with Crippen molar-refractivity contribution in [2.75, 3.05) is 6.54 Å². The van der Waals surface area contributed by atoms with Crippen LogP contribution in [0.15, 0.2) is 58.4 Å². The van der Waals surface area contributed by atoms with E-state index in [-0.39, 0.29) is 0 Å². The van der Waals surface area contributed by atoms with Crippen molar-refractivity contribution in [2.24, 2.45) is 11.8 Å². The number of nitrogens with one attached hydrogen (secondary N) is 1. The Bertz CT molecular complexity index is 795. The minimum Gasteiger partial charge on any atom is -0.374 e. The highest BCUT2D eigenvalue weighted by molar-refractivity contribution is 5.49. The minimum atomic E-state index is 0.300. The van der Waals surface area contributed by atoms with Gasteiger partial charge in [0.2, 0.25) is 0 Å². The van der Waals surface area contributed by atoms with Gasteiger partial charge in [-0.1, -0.05) is 36.1 Å². The van der Waals surface area contributed by atoms with E-state index in [1.165, 1.54) is 33.4 Å². The summed E-state index contributed by atoms with van der Waals surface area (Å²) in [6.45, 7) is 17.7. The molecule has 1 aliphatic heterocycles. The molecule has 2 aliphatic rings. The zero-order valence-electron chi connectivity index (χ0n) is 16.8. The van der Waals surface area contributed by atoms with Gasteiger partial charge in [0.15, 0.2) is 0 Å². The normalized spacial score (nSPS) is 23.4.